The van der Waals surface area contributed by atoms with Crippen LogP contribution in [0.5, 0.6) is 0 Å². The van der Waals surface area contributed by atoms with Crippen molar-refractivity contribution in [2.75, 3.05) is 38.1 Å². The molecule has 0 amide bonds. The normalized spacial score (nSPS) is 16.5. The average Bonchev–Trinajstić information content (AvgIpc) is 2.30. The van der Waals surface area contributed by atoms with Gasteiger partial charge in [0.25, 0.3) is 5.69 Å². The van der Waals surface area contributed by atoms with Crippen LogP contribution in [0.2, 0.25) is 0 Å². The number of hydrogen-bond acceptors (Lipinski definition) is 4. The summed E-state index contributed by atoms with van der Waals surface area (Å²) in [7, 11) is 1.47. The van der Waals surface area contributed by atoms with E-state index in [1.807, 2.05) is 6.07 Å². The molecule has 1 aromatic heterocycles. The lowest BCUT2D eigenvalue weighted by Crippen LogP contribution is -2.43. The van der Waals surface area contributed by atoms with Crippen molar-refractivity contribution in [3.8, 4) is 0 Å². The molecule has 0 saturated carbocycles. The zero-order chi connectivity index (χ0) is 10.7. The number of rotatable bonds is 2. The summed E-state index contributed by atoms with van der Waals surface area (Å²) in [4.78, 5) is 17.5. The van der Waals surface area contributed by atoms with Crippen molar-refractivity contribution in [1.82, 2.24) is 10.3 Å². The van der Waals surface area contributed by atoms with Crippen LogP contribution in [0.1, 0.15) is 0 Å². The Hall–Kier alpha value is -1.49. The molecule has 2 heterocycles. The van der Waals surface area contributed by atoms with E-state index < -0.39 is 0 Å². The summed E-state index contributed by atoms with van der Waals surface area (Å²) >= 11 is 0. The van der Waals surface area contributed by atoms with E-state index in [0.29, 0.717) is 5.69 Å². The van der Waals surface area contributed by atoms with Crippen LogP contribution in [0.3, 0.4) is 0 Å². The molecule has 1 aliphatic heterocycles. The minimum absolute atomic E-state index is 0.592. The molecule has 2 rings (SSSR count). The first-order valence-corrected chi connectivity index (χ1v) is 5.10. The van der Waals surface area contributed by atoms with Crippen molar-refractivity contribution in [2.24, 2.45) is 0 Å². The number of pyridine rings is 1. The molecule has 0 radical (unpaired) electrons. The van der Waals surface area contributed by atoms with Crippen molar-refractivity contribution in [3.05, 3.63) is 23.2 Å². The van der Waals surface area contributed by atoms with E-state index in [2.05, 4.69) is 15.2 Å². The first-order valence-electron chi connectivity index (χ1n) is 5.10. The largest absolute Gasteiger partial charge is 0.354 e. The molecule has 1 N–H and O–H groups in total. The van der Waals surface area contributed by atoms with Crippen LogP contribution < -0.4 is 10.2 Å². The summed E-state index contributed by atoms with van der Waals surface area (Å²) in [5.74, 6) is 0.946. The highest BCUT2D eigenvalue weighted by Crippen LogP contribution is 2.15. The van der Waals surface area contributed by atoms with Crippen LogP contribution in [0.25, 0.3) is 0 Å². The highest BCUT2D eigenvalue weighted by atomic mass is 16.3. The Labute approximate surface area is 88.7 Å². The number of hydrogen-bond donors (Lipinski definition) is 1. The summed E-state index contributed by atoms with van der Waals surface area (Å²) in [6, 6.07) is 3.70. The van der Waals surface area contributed by atoms with Gasteiger partial charge in [0, 0.05) is 41.9 Å². The van der Waals surface area contributed by atoms with Gasteiger partial charge in [-0.1, -0.05) is 0 Å². The van der Waals surface area contributed by atoms with Crippen molar-refractivity contribution < 1.29 is 4.76 Å². The van der Waals surface area contributed by atoms with E-state index in [1.54, 1.807) is 12.3 Å². The van der Waals surface area contributed by atoms with Gasteiger partial charge in [0.15, 0.2) is 7.05 Å². The van der Waals surface area contributed by atoms with Gasteiger partial charge in [-0.2, -0.15) is 0 Å². The monoisotopic (exact) mass is 207 g/mol. The fraction of sp³-hybridized carbons (Fsp3) is 0.500. The molecule has 0 bridgehead atoms. The smallest absolute Gasteiger partial charge is 0.273 e. The molecule has 15 heavy (non-hydrogen) atoms. The van der Waals surface area contributed by atoms with Crippen LogP contribution in [0, 0.1) is 4.91 Å². The third-order valence-electron chi connectivity index (χ3n) is 2.54. The molecule has 0 spiro atoms. The van der Waals surface area contributed by atoms with Gasteiger partial charge < -0.3 is 10.2 Å². The minimum atomic E-state index is 0.592. The van der Waals surface area contributed by atoms with Gasteiger partial charge in [0.2, 0.25) is 0 Å². The van der Waals surface area contributed by atoms with Crippen LogP contribution in [0.4, 0.5) is 11.5 Å². The summed E-state index contributed by atoms with van der Waals surface area (Å²) in [6.07, 6.45) is 1.62. The van der Waals surface area contributed by atoms with Crippen LogP contribution in [-0.2, 0) is 0 Å². The van der Waals surface area contributed by atoms with Crippen molar-refractivity contribution >= 4 is 11.5 Å². The summed E-state index contributed by atoms with van der Waals surface area (Å²) in [5.41, 5.74) is 0.592. The summed E-state index contributed by atoms with van der Waals surface area (Å²) in [6.45, 7) is 3.93. The fourth-order valence-electron chi connectivity index (χ4n) is 1.65. The highest BCUT2D eigenvalue weighted by molar-refractivity contribution is 5.43. The SMILES string of the molecule is C[N+](=O)c1ccc(N2CCNCC2)nc1. The Bertz CT molecular complexity index is 343. The number of aromatic nitrogens is 1. The Morgan fingerprint density at radius 3 is 2.67 bits per heavy atom. The maximum absolute atomic E-state index is 11.0. The predicted octanol–water partition coefficient (Wildman–Crippen LogP) is 0.531. The molecule has 1 saturated heterocycles. The van der Waals surface area contributed by atoms with Crippen LogP contribution in [-0.4, -0.2) is 43.0 Å². The fourth-order valence-corrected chi connectivity index (χ4v) is 1.65. The molecule has 80 valence electrons. The lowest BCUT2D eigenvalue weighted by molar-refractivity contribution is -0.428. The van der Waals surface area contributed by atoms with Crippen molar-refractivity contribution in [2.45, 2.75) is 0 Å². The number of nitrogens with one attached hydrogen (secondary N) is 1. The first-order chi connectivity index (χ1) is 7.27. The molecule has 0 unspecified atom stereocenters. The predicted molar refractivity (Wildman–Crippen MR) is 58.5 cm³/mol. The number of nitrogens with zero attached hydrogens (tertiary/aromatic N) is 3. The van der Waals surface area contributed by atoms with Gasteiger partial charge in [-0.25, -0.2) is 4.98 Å². The van der Waals surface area contributed by atoms with Gasteiger partial charge in [-0.05, 0) is 6.07 Å². The second kappa shape index (κ2) is 4.35. The average molecular weight is 207 g/mol. The Morgan fingerprint density at radius 1 is 1.40 bits per heavy atom. The third kappa shape index (κ3) is 2.30. The van der Waals surface area contributed by atoms with Crippen molar-refractivity contribution in [1.29, 1.82) is 0 Å². The molecule has 0 aromatic carbocycles. The first kappa shape index (κ1) is 10.0. The molecular formula is C10H15N4O+. The Morgan fingerprint density at radius 2 is 2.13 bits per heavy atom. The quantitative estimate of drug-likeness (QED) is 0.719. The molecule has 0 atom stereocenters. The summed E-state index contributed by atoms with van der Waals surface area (Å²) < 4.78 is 0.814. The maximum atomic E-state index is 11.0. The highest BCUT2D eigenvalue weighted by Gasteiger charge is 2.13. The second-order valence-electron chi connectivity index (χ2n) is 3.61. The van der Waals surface area contributed by atoms with Gasteiger partial charge in [0.05, 0.1) is 0 Å². The molecular weight excluding hydrogens is 192 g/mol. The van der Waals surface area contributed by atoms with Crippen LogP contribution in [0.15, 0.2) is 18.3 Å². The second-order valence-corrected chi connectivity index (χ2v) is 3.61. The molecule has 0 aliphatic carbocycles. The zero-order valence-electron chi connectivity index (χ0n) is 8.81. The lowest BCUT2D eigenvalue weighted by Gasteiger charge is -2.28. The minimum Gasteiger partial charge on any atom is -0.354 e. The topological polar surface area (TPSA) is 48.2 Å². The summed E-state index contributed by atoms with van der Waals surface area (Å²) in [5, 5.41) is 3.29. The molecule has 1 aromatic rings. The van der Waals surface area contributed by atoms with Crippen molar-refractivity contribution in [3.63, 3.8) is 0 Å². The van der Waals surface area contributed by atoms with E-state index in [9.17, 15) is 4.91 Å². The van der Waals surface area contributed by atoms with E-state index in [1.165, 1.54) is 7.05 Å². The number of anilines is 1. The van der Waals surface area contributed by atoms with Gasteiger partial charge in [-0.15, -0.1) is 0 Å². The van der Waals surface area contributed by atoms with Gasteiger partial charge >= 0.3 is 0 Å². The molecule has 5 nitrogen and oxygen atoms in total. The van der Waals surface area contributed by atoms with Gasteiger partial charge in [-0.3, -0.25) is 0 Å². The third-order valence-corrected chi connectivity index (χ3v) is 2.54. The maximum Gasteiger partial charge on any atom is 0.273 e. The molecule has 1 fully saturated rings. The van der Waals surface area contributed by atoms with Gasteiger partial charge in [0.1, 0.15) is 12.0 Å². The van der Waals surface area contributed by atoms with E-state index in [4.69, 9.17) is 0 Å². The molecule has 5 heteroatoms. The number of piperazine rings is 1. The van der Waals surface area contributed by atoms with E-state index in [-0.39, 0.29) is 0 Å². The van der Waals surface area contributed by atoms with Crippen LogP contribution >= 0.6 is 0 Å². The van der Waals surface area contributed by atoms with E-state index in [0.717, 1.165) is 36.8 Å². The molecule has 1 aliphatic rings. The zero-order valence-corrected chi connectivity index (χ0v) is 8.81. The lowest BCUT2D eigenvalue weighted by atomic mass is 10.3. The number of nitroso groups, excluding NO2 is 1. The Balaban J connectivity index is 2.11. The van der Waals surface area contributed by atoms with E-state index >= 15 is 0 Å². The Kier molecular flexibility index (Phi) is 2.91. The standard InChI is InChI=1S/C10H15N4O/c1-13(15)9-2-3-10(12-8-9)14-6-4-11-5-7-14/h2-3,8,11H,4-7H2,1H3/q+1.